The Bertz CT molecular complexity index is 253. The average molecular weight is 252 g/mol. The highest BCUT2D eigenvalue weighted by atomic mass is 16.2. The largest absolute Gasteiger partial charge is 0.340 e. The molecular weight excluding hydrogens is 224 g/mol. The van der Waals surface area contributed by atoms with Gasteiger partial charge in [-0.1, -0.05) is 32.6 Å². The predicted octanol–water partition coefficient (Wildman–Crippen LogP) is 2.51. The molecule has 0 spiro atoms. The first-order valence-corrected chi connectivity index (χ1v) is 7.79. The molecule has 1 saturated carbocycles. The van der Waals surface area contributed by atoms with Crippen LogP contribution in [0.25, 0.3) is 0 Å². The van der Waals surface area contributed by atoms with Crippen LogP contribution >= 0.6 is 0 Å². The molecule has 0 aromatic heterocycles. The van der Waals surface area contributed by atoms with E-state index in [4.69, 9.17) is 0 Å². The fourth-order valence-electron chi connectivity index (χ4n) is 3.32. The summed E-state index contributed by atoms with van der Waals surface area (Å²) in [5, 5.41) is 0. The minimum Gasteiger partial charge on any atom is -0.340 e. The zero-order valence-corrected chi connectivity index (χ0v) is 11.9. The molecule has 1 aliphatic carbocycles. The van der Waals surface area contributed by atoms with Gasteiger partial charge in [-0.15, -0.1) is 0 Å². The van der Waals surface area contributed by atoms with E-state index in [0.717, 1.165) is 44.9 Å². The highest BCUT2D eigenvalue weighted by Crippen LogP contribution is 2.28. The number of hydrogen-bond acceptors (Lipinski definition) is 2. The van der Waals surface area contributed by atoms with Crippen LogP contribution in [-0.4, -0.2) is 48.4 Å². The number of amides is 1. The van der Waals surface area contributed by atoms with Gasteiger partial charge in [-0.25, -0.2) is 0 Å². The summed E-state index contributed by atoms with van der Waals surface area (Å²) in [5.74, 6) is 1.24. The minimum atomic E-state index is 0.401. The lowest BCUT2D eigenvalue weighted by Gasteiger charge is -2.34. The summed E-state index contributed by atoms with van der Waals surface area (Å²) in [6.07, 6.45) is 8.63. The molecule has 2 fully saturated rings. The number of nitrogens with zero attached hydrogens (tertiary/aromatic N) is 2. The lowest BCUT2D eigenvalue weighted by atomic mass is 10.0. The lowest BCUT2D eigenvalue weighted by Crippen LogP contribution is -2.48. The molecule has 1 saturated heterocycles. The average Bonchev–Trinajstić information content (AvgIpc) is 2.90. The molecule has 0 radical (unpaired) electrons. The monoisotopic (exact) mass is 252 g/mol. The maximum absolute atomic E-state index is 12.1. The van der Waals surface area contributed by atoms with Crippen LogP contribution in [0.4, 0.5) is 0 Å². The topological polar surface area (TPSA) is 23.6 Å². The second-order valence-electron chi connectivity index (χ2n) is 5.91. The van der Waals surface area contributed by atoms with Gasteiger partial charge in [0.05, 0.1) is 0 Å². The van der Waals surface area contributed by atoms with E-state index < -0.39 is 0 Å². The van der Waals surface area contributed by atoms with Gasteiger partial charge in [0.15, 0.2) is 0 Å². The van der Waals surface area contributed by atoms with E-state index in [1.165, 1.54) is 38.6 Å². The Balaban J connectivity index is 1.64. The van der Waals surface area contributed by atoms with Crippen LogP contribution in [0.2, 0.25) is 0 Å². The lowest BCUT2D eigenvalue weighted by molar-refractivity contribution is -0.133. The van der Waals surface area contributed by atoms with Crippen LogP contribution in [0.5, 0.6) is 0 Å². The fourth-order valence-corrected chi connectivity index (χ4v) is 3.32. The van der Waals surface area contributed by atoms with E-state index in [1.54, 1.807) is 0 Å². The van der Waals surface area contributed by atoms with Crippen LogP contribution in [0.3, 0.4) is 0 Å². The summed E-state index contributed by atoms with van der Waals surface area (Å²) in [5.41, 5.74) is 0. The highest BCUT2D eigenvalue weighted by Gasteiger charge is 2.22. The number of carbonyl (C=O) groups excluding carboxylic acids is 1. The third kappa shape index (κ3) is 3.98. The van der Waals surface area contributed by atoms with Crippen molar-refractivity contribution in [2.75, 3.05) is 32.7 Å². The Morgan fingerprint density at radius 3 is 2.39 bits per heavy atom. The quantitative estimate of drug-likeness (QED) is 0.750. The molecule has 3 heteroatoms. The third-order valence-electron chi connectivity index (χ3n) is 4.51. The van der Waals surface area contributed by atoms with Crippen molar-refractivity contribution in [3.63, 3.8) is 0 Å². The van der Waals surface area contributed by atoms with Crippen molar-refractivity contribution in [2.24, 2.45) is 5.92 Å². The van der Waals surface area contributed by atoms with Crippen LogP contribution < -0.4 is 0 Å². The summed E-state index contributed by atoms with van der Waals surface area (Å²) in [4.78, 5) is 16.7. The zero-order valence-electron chi connectivity index (χ0n) is 11.9. The van der Waals surface area contributed by atoms with Gasteiger partial charge in [0, 0.05) is 32.6 Å². The van der Waals surface area contributed by atoms with Gasteiger partial charge in [-0.3, -0.25) is 9.69 Å². The van der Waals surface area contributed by atoms with Crippen molar-refractivity contribution in [1.29, 1.82) is 0 Å². The zero-order chi connectivity index (χ0) is 12.8. The molecule has 1 heterocycles. The van der Waals surface area contributed by atoms with Gasteiger partial charge in [0.25, 0.3) is 0 Å². The number of carbonyl (C=O) groups is 1. The molecule has 2 aliphatic rings. The molecule has 1 amide bonds. The molecule has 2 rings (SSSR count). The van der Waals surface area contributed by atoms with E-state index in [-0.39, 0.29) is 0 Å². The second-order valence-corrected chi connectivity index (χ2v) is 5.91. The molecule has 0 N–H and O–H groups in total. The maximum atomic E-state index is 12.1. The summed E-state index contributed by atoms with van der Waals surface area (Å²) in [7, 11) is 0. The Morgan fingerprint density at radius 2 is 1.78 bits per heavy atom. The van der Waals surface area contributed by atoms with Gasteiger partial charge >= 0.3 is 0 Å². The van der Waals surface area contributed by atoms with Crippen molar-refractivity contribution < 1.29 is 4.79 Å². The number of piperazine rings is 1. The molecule has 104 valence electrons. The highest BCUT2D eigenvalue weighted by molar-refractivity contribution is 5.76. The molecule has 18 heavy (non-hydrogen) atoms. The van der Waals surface area contributed by atoms with Crippen molar-refractivity contribution in [3.05, 3.63) is 0 Å². The third-order valence-corrected chi connectivity index (χ3v) is 4.51. The van der Waals surface area contributed by atoms with E-state index in [0.29, 0.717) is 5.91 Å². The number of rotatable bonds is 5. The van der Waals surface area contributed by atoms with Crippen LogP contribution in [0, 0.1) is 5.92 Å². The van der Waals surface area contributed by atoms with Crippen LogP contribution in [0.1, 0.15) is 51.9 Å². The minimum absolute atomic E-state index is 0.401. The first-order valence-electron chi connectivity index (χ1n) is 7.79. The molecule has 0 aromatic carbocycles. The van der Waals surface area contributed by atoms with Crippen molar-refractivity contribution in [3.8, 4) is 0 Å². The molecule has 1 aliphatic heterocycles. The first kappa shape index (κ1) is 13.9. The van der Waals surface area contributed by atoms with Crippen LogP contribution in [-0.2, 0) is 4.79 Å². The SMILES string of the molecule is CCCN1CCN(C(=O)CCC2CCCC2)CC1. The van der Waals surface area contributed by atoms with Gasteiger partial charge in [-0.05, 0) is 25.3 Å². The fraction of sp³-hybridized carbons (Fsp3) is 0.933. The Morgan fingerprint density at radius 1 is 1.11 bits per heavy atom. The molecule has 0 aromatic rings. The Kier molecular flexibility index (Phi) is 5.48. The summed E-state index contributed by atoms with van der Waals surface area (Å²) >= 11 is 0. The van der Waals surface area contributed by atoms with E-state index in [2.05, 4.69) is 16.7 Å². The normalized spacial score (nSPS) is 22.6. The Labute approximate surface area is 112 Å². The van der Waals surface area contributed by atoms with Gasteiger partial charge in [-0.2, -0.15) is 0 Å². The van der Waals surface area contributed by atoms with E-state index >= 15 is 0 Å². The summed E-state index contributed by atoms with van der Waals surface area (Å²) in [6.45, 7) is 7.45. The van der Waals surface area contributed by atoms with E-state index in [9.17, 15) is 4.79 Å². The molecule has 0 bridgehead atoms. The molecule has 0 unspecified atom stereocenters. The van der Waals surface area contributed by atoms with Crippen molar-refractivity contribution in [2.45, 2.75) is 51.9 Å². The standard InChI is InChI=1S/C15H28N2O/c1-2-9-16-10-12-17(13-11-16)15(18)8-7-14-5-3-4-6-14/h14H,2-13H2,1H3. The summed E-state index contributed by atoms with van der Waals surface area (Å²) in [6, 6.07) is 0. The van der Waals surface area contributed by atoms with Gasteiger partial charge in [0.1, 0.15) is 0 Å². The van der Waals surface area contributed by atoms with Gasteiger partial charge < -0.3 is 4.90 Å². The molecular formula is C15H28N2O. The van der Waals surface area contributed by atoms with Crippen LogP contribution in [0.15, 0.2) is 0 Å². The second kappa shape index (κ2) is 7.13. The van der Waals surface area contributed by atoms with E-state index in [1.807, 2.05) is 0 Å². The Hall–Kier alpha value is -0.570. The maximum Gasteiger partial charge on any atom is 0.222 e. The smallest absolute Gasteiger partial charge is 0.222 e. The summed E-state index contributed by atoms with van der Waals surface area (Å²) < 4.78 is 0. The molecule has 3 nitrogen and oxygen atoms in total. The first-order chi connectivity index (χ1) is 8.79. The molecule has 0 atom stereocenters. The van der Waals surface area contributed by atoms with Crippen molar-refractivity contribution in [1.82, 2.24) is 9.80 Å². The predicted molar refractivity (Wildman–Crippen MR) is 74.5 cm³/mol. The van der Waals surface area contributed by atoms with Crippen molar-refractivity contribution >= 4 is 5.91 Å². The number of hydrogen-bond donors (Lipinski definition) is 0. The van der Waals surface area contributed by atoms with Gasteiger partial charge in [0.2, 0.25) is 5.91 Å².